The minimum atomic E-state index is -0.894. The number of unbranched alkanes of at least 4 members (excludes halogenated alkanes) is 6. The smallest absolute Gasteiger partial charge is 0.282 e. The maximum absolute atomic E-state index is 9.84. The molecule has 4 atom stereocenters. The molecule has 7 heteroatoms. The van der Waals surface area contributed by atoms with Gasteiger partial charge in [0.2, 0.25) is 0 Å². The van der Waals surface area contributed by atoms with Crippen LogP contribution in [0.1, 0.15) is 57.8 Å². The summed E-state index contributed by atoms with van der Waals surface area (Å²) in [4.78, 5) is 0. The number of aliphatic hydroxyl groups excluding tert-OH is 1. The minimum Gasteiger partial charge on any atom is -0.388 e. The molecule has 2 saturated heterocycles. The molecule has 0 aliphatic carbocycles. The normalized spacial score (nSPS) is 28.8. The fourth-order valence-electron chi connectivity index (χ4n) is 3.22. The van der Waals surface area contributed by atoms with Gasteiger partial charge in [0.1, 0.15) is 12.2 Å². The highest BCUT2D eigenvalue weighted by atomic mass is 16.9. The Morgan fingerprint density at radius 2 is 1.48 bits per heavy atom. The highest BCUT2D eigenvalue weighted by Gasteiger charge is 2.49. The topological polar surface area (TPSA) is 78.9 Å². The third kappa shape index (κ3) is 6.75. The van der Waals surface area contributed by atoms with Crippen molar-refractivity contribution in [2.24, 2.45) is 0 Å². The third-order valence-electron chi connectivity index (χ3n) is 4.93. The molecule has 0 spiro atoms. The SMILES string of the molecule is COC(CCCCCCCCCOC1OC2OC2CC1O)(OC)OC. The molecule has 0 aromatic heterocycles. The lowest BCUT2D eigenvalue weighted by molar-refractivity contribution is -0.355. The quantitative estimate of drug-likeness (QED) is 0.289. The standard InChI is InChI=1S/C18H34O7/c1-20-18(21-2,22-3)11-9-7-5-4-6-8-10-12-23-16-14(19)13-15-17(24-15)25-16/h14-17,19H,4-13H2,1-3H3. The molecule has 4 unspecified atom stereocenters. The Hall–Kier alpha value is -0.280. The second-order valence-corrected chi connectivity index (χ2v) is 6.74. The van der Waals surface area contributed by atoms with Crippen molar-refractivity contribution >= 4 is 0 Å². The number of epoxide rings is 1. The van der Waals surface area contributed by atoms with Crippen molar-refractivity contribution in [1.82, 2.24) is 0 Å². The van der Waals surface area contributed by atoms with E-state index in [0.717, 1.165) is 32.1 Å². The Bertz CT molecular complexity index is 353. The zero-order valence-electron chi connectivity index (χ0n) is 15.8. The van der Waals surface area contributed by atoms with E-state index in [1.54, 1.807) is 21.3 Å². The van der Waals surface area contributed by atoms with Crippen molar-refractivity contribution in [1.29, 1.82) is 0 Å². The van der Waals surface area contributed by atoms with Gasteiger partial charge in [-0.25, -0.2) is 0 Å². The van der Waals surface area contributed by atoms with Crippen LogP contribution in [0.15, 0.2) is 0 Å². The van der Waals surface area contributed by atoms with Gasteiger partial charge in [-0.3, -0.25) is 0 Å². The van der Waals surface area contributed by atoms with E-state index in [1.165, 1.54) is 19.3 Å². The number of rotatable bonds is 14. The molecule has 25 heavy (non-hydrogen) atoms. The molecule has 0 radical (unpaired) electrons. The first-order valence-electron chi connectivity index (χ1n) is 9.40. The molecule has 2 fully saturated rings. The van der Waals surface area contributed by atoms with Gasteiger partial charge in [0, 0.05) is 40.8 Å². The molecule has 2 aliphatic heterocycles. The zero-order chi connectivity index (χ0) is 18.1. The lowest BCUT2D eigenvalue weighted by atomic mass is 10.1. The van der Waals surface area contributed by atoms with Crippen LogP contribution in [0, 0.1) is 0 Å². The van der Waals surface area contributed by atoms with Gasteiger partial charge in [-0.2, -0.15) is 0 Å². The molecule has 0 aromatic carbocycles. The Balaban J connectivity index is 1.38. The van der Waals surface area contributed by atoms with E-state index >= 15 is 0 Å². The van der Waals surface area contributed by atoms with Crippen molar-refractivity contribution in [3.8, 4) is 0 Å². The maximum atomic E-state index is 9.84. The van der Waals surface area contributed by atoms with Crippen molar-refractivity contribution in [2.75, 3.05) is 27.9 Å². The Labute approximate surface area is 150 Å². The van der Waals surface area contributed by atoms with E-state index in [2.05, 4.69) is 0 Å². The van der Waals surface area contributed by atoms with Gasteiger partial charge >= 0.3 is 0 Å². The molecule has 2 rings (SSSR count). The zero-order valence-corrected chi connectivity index (χ0v) is 15.8. The van der Waals surface area contributed by atoms with Crippen LogP contribution in [0.3, 0.4) is 0 Å². The molecule has 7 nitrogen and oxygen atoms in total. The first-order valence-corrected chi connectivity index (χ1v) is 9.40. The maximum Gasteiger partial charge on any atom is 0.282 e. The molecule has 1 N–H and O–H groups in total. The molecule has 0 bridgehead atoms. The van der Waals surface area contributed by atoms with E-state index in [0.29, 0.717) is 13.0 Å². The van der Waals surface area contributed by atoms with Crippen LogP contribution in [0.2, 0.25) is 0 Å². The number of hydrogen-bond donors (Lipinski definition) is 1. The number of fused-ring (bicyclic) bond motifs is 1. The Kier molecular flexibility index (Phi) is 9.06. The fourth-order valence-corrected chi connectivity index (χ4v) is 3.22. The summed E-state index contributed by atoms with van der Waals surface area (Å²) in [5.74, 6) is -0.894. The molecule has 0 amide bonds. The molecule has 0 aromatic rings. The average Bonchev–Trinajstić information content (AvgIpc) is 3.38. The number of aliphatic hydroxyl groups is 1. The van der Waals surface area contributed by atoms with Gasteiger partial charge < -0.3 is 33.5 Å². The van der Waals surface area contributed by atoms with E-state index in [4.69, 9.17) is 28.4 Å². The van der Waals surface area contributed by atoms with Crippen LogP contribution in [0.4, 0.5) is 0 Å². The summed E-state index contributed by atoms with van der Waals surface area (Å²) < 4.78 is 32.2. The number of methoxy groups -OCH3 is 3. The monoisotopic (exact) mass is 362 g/mol. The summed E-state index contributed by atoms with van der Waals surface area (Å²) in [6, 6.07) is 0. The van der Waals surface area contributed by atoms with Crippen LogP contribution in [0.25, 0.3) is 0 Å². The van der Waals surface area contributed by atoms with E-state index in [-0.39, 0.29) is 12.4 Å². The number of ether oxygens (including phenoxy) is 6. The summed E-state index contributed by atoms with van der Waals surface area (Å²) in [5.41, 5.74) is 0. The van der Waals surface area contributed by atoms with Crippen LogP contribution in [0.5, 0.6) is 0 Å². The van der Waals surface area contributed by atoms with Crippen LogP contribution in [-0.4, -0.2) is 63.8 Å². The van der Waals surface area contributed by atoms with Crippen LogP contribution >= 0.6 is 0 Å². The van der Waals surface area contributed by atoms with Crippen molar-refractivity contribution in [2.45, 2.75) is 88.5 Å². The molecule has 2 aliphatic rings. The van der Waals surface area contributed by atoms with Gasteiger partial charge in [-0.1, -0.05) is 32.1 Å². The largest absolute Gasteiger partial charge is 0.388 e. The summed E-state index contributed by atoms with van der Waals surface area (Å²) in [6.07, 6.45) is 8.05. The Morgan fingerprint density at radius 1 is 0.880 bits per heavy atom. The lowest BCUT2D eigenvalue weighted by Gasteiger charge is -2.28. The summed E-state index contributed by atoms with van der Waals surface area (Å²) >= 11 is 0. The van der Waals surface area contributed by atoms with Crippen molar-refractivity contribution < 1.29 is 33.5 Å². The minimum absolute atomic E-state index is 0.0803. The van der Waals surface area contributed by atoms with Gasteiger partial charge in [-0.15, -0.1) is 0 Å². The third-order valence-corrected chi connectivity index (χ3v) is 4.93. The lowest BCUT2D eigenvalue weighted by Crippen LogP contribution is -2.38. The second-order valence-electron chi connectivity index (χ2n) is 6.74. The molecule has 148 valence electrons. The number of hydrogen-bond acceptors (Lipinski definition) is 7. The molecule has 0 saturated carbocycles. The predicted octanol–water partition coefficient (Wildman–Crippen LogP) is 2.55. The van der Waals surface area contributed by atoms with E-state index < -0.39 is 18.4 Å². The molecular weight excluding hydrogens is 328 g/mol. The first-order chi connectivity index (χ1) is 12.1. The first kappa shape index (κ1) is 21.0. The fraction of sp³-hybridized carbons (Fsp3) is 1.00. The van der Waals surface area contributed by atoms with Gasteiger partial charge in [0.25, 0.3) is 5.97 Å². The second kappa shape index (κ2) is 10.8. The summed E-state index contributed by atoms with van der Waals surface area (Å²) in [7, 11) is 4.80. The Morgan fingerprint density at radius 3 is 2.12 bits per heavy atom. The van der Waals surface area contributed by atoms with Gasteiger partial charge in [-0.05, 0) is 12.8 Å². The van der Waals surface area contributed by atoms with Crippen molar-refractivity contribution in [3.05, 3.63) is 0 Å². The average molecular weight is 362 g/mol. The predicted molar refractivity (Wildman–Crippen MR) is 90.8 cm³/mol. The van der Waals surface area contributed by atoms with Gasteiger partial charge in [0.05, 0.1) is 0 Å². The van der Waals surface area contributed by atoms with Crippen LogP contribution < -0.4 is 0 Å². The van der Waals surface area contributed by atoms with E-state index in [1.807, 2.05) is 0 Å². The van der Waals surface area contributed by atoms with Crippen molar-refractivity contribution in [3.63, 3.8) is 0 Å². The highest BCUT2D eigenvalue weighted by Crippen LogP contribution is 2.35. The van der Waals surface area contributed by atoms with E-state index in [9.17, 15) is 5.11 Å². The summed E-state index contributed by atoms with van der Waals surface area (Å²) in [6.45, 7) is 0.622. The summed E-state index contributed by atoms with van der Waals surface area (Å²) in [5, 5.41) is 9.84. The molecular formula is C18H34O7. The van der Waals surface area contributed by atoms with Crippen LogP contribution in [-0.2, 0) is 28.4 Å². The highest BCUT2D eigenvalue weighted by molar-refractivity contribution is 4.86. The molecule has 2 heterocycles. The van der Waals surface area contributed by atoms with Gasteiger partial charge in [0.15, 0.2) is 12.6 Å².